The van der Waals surface area contributed by atoms with E-state index >= 15 is 0 Å². The zero-order valence-electron chi connectivity index (χ0n) is 18.9. The molecule has 2 amide bonds. The van der Waals surface area contributed by atoms with E-state index in [-0.39, 0.29) is 5.91 Å². The van der Waals surface area contributed by atoms with Gasteiger partial charge in [0.1, 0.15) is 0 Å². The maximum atomic E-state index is 12.7. The Balaban J connectivity index is 1.99. The van der Waals surface area contributed by atoms with Crippen LogP contribution in [0.5, 0.6) is 0 Å². The van der Waals surface area contributed by atoms with Crippen LogP contribution in [0.3, 0.4) is 0 Å². The minimum Gasteiger partial charge on any atom is -0.366 e. The van der Waals surface area contributed by atoms with E-state index in [0.717, 1.165) is 43.6 Å². The maximum Gasteiger partial charge on any atom is 0.253 e. The van der Waals surface area contributed by atoms with Crippen LogP contribution in [0.2, 0.25) is 0 Å². The predicted molar refractivity (Wildman–Crippen MR) is 126 cm³/mol. The van der Waals surface area contributed by atoms with Crippen LogP contribution in [-0.4, -0.2) is 54.3 Å². The lowest BCUT2D eigenvalue weighted by molar-refractivity contribution is 0.0772. The highest BCUT2D eigenvalue weighted by Gasteiger charge is 2.19. The number of primary amides is 1. The Morgan fingerprint density at radius 2 is 1.26 bits per heavy atom. The second-order valence-electron chi connectivity index (χ2n) is 7.91. The molecule has 2 N–H and O–H groups in total. The molecule has 1 aliphatic heterocycles. The Bertz CT molecular complexity index is 932. The molecule has 0 radical (unpaired) electrons. The van der Waals surface area contributed by atoms with Gasteiger partial charge in [-0.1, -0.05) is 36.8 Å². The number of nitrogens with two attached hydrogens (primary N) is 1. The first-order chi connectivity index (χ1) is 15.0. The summed E-state index contributed by atoms with van der Waals surface area (Å²) in [5, 5.41) is 0. The van der Waals surface area contributed by atoms with Gasteiger partial charge in [-0.05, 0) is 74.2 Å². The Morgan fingerprint density at radius 1 is 0.806 bits per heavy atom. The third kappa shape index (κ3) is 5.23. The van der Waals surface area contributed by atoms with E-state index in [9.17, 15) is 9.59 Å². The molecular formula is C26H33N3O2. The molecule has 0 atom stereocenters. The Morgan fingerprint density at radius 3 is 1.68 bits per heavy atom. The van der Waals surface area contributed by atoms with Gasteiger partial charge in [-0.25, -0.2) is 0 Å². The van der Waals surface area contributed by atoms with Crippen LogP contribution in [-0.2, 0) is 0 Å². The monoisotopic (exact) mass is 419 g/mol. The van der Waals surface area contributed by atoms with Crippen LogP contribution in [0, 0.1) is 0 Å². The summed E-state index contributed by atoms with van der Waals surface area (Å²) in [5.41, 5.74) is 11.4. The summed E-state index contributed by atoms with van der Waals surface area (Å²) in [5.74, 6) is -0.357. The van der Waals surface area contributed by atoms with Crippen molar-refractivity contribution in [2.45, 2.75) is 33.6 Å². The highest BCUT2D eigenvalue weighted by atomic mass is 16.2. The van der Waals surface area contributed by atoms with Gasteiger partial charge < -0.3 is 15.5 Å². The van der Waals surface area contributed by atoms with Crippen molar-refractivity contribution in [2.75, 3.05) is 32.7 Å². The fourth-order valence-electron chi connectivity index (χ4n) is 4.24. The highest BCUT2D eigenvalue weighted by Crippen LogP contribution is 2.33. The number of nitrogens with zero attached hydrogens (tertiary/aromatic N) is 2. The van der Waals surface area contributed by atoms with Gasteiger partial charge in [0.2, 0.25) is 5.91 Å². The van der Waals surface area contributed by atoms with Gasteiger partial charge >= 0.3 is 0 Å². The minimum atomic E-state index is -0.420. The standard InChI is InChI=1S/C26H33N3O2/c1-4-28-17-15-21(16-18-28)24(19-7-11-22(12-8-19)25(27)30)20-9-13-23(14-10-20)26(31)29(5-2)6-3/h7-14H,4-6,15-18H2,1-3H3,(H2,27,30). The van der Waals surface area contributed by atoms with Crippen LogP contribution in [0.15, 0.2) is 54.1 Å². The lowest BCUT2D eigenvalue weighted by Crippen LogP contribution is -2.30. The second kappa shape index (κ2) is 10.4. The van der Waals surface area contributed by atoms with E-state index in [2.05, 4.69) is 11.8 Å². The van der Waals surface area contributed by atoms with Crippen LogP contribution in [0.4, 0.5) is 0 Å². The summed E-state index contributed by atoms with van der Waals surface area (Å²) >= 11 is 0. The molecule has 0 aromatic heterocycles. The lowest BCUT2D eigenvalue weighted by Gasteiger charge is -2.29. The Hall–Kier alpha value is -2.92. The molecule has 1 aliphatic rings. The quantitative estimate of drug-likeness (QED) is 0.732. The first-order valence-electron chi connectivity index (χ1n) is 11.2. The second-order valence-corrected chi connectivity index (χ2v) is 7.91. The van der Waals surface area contributed by atoms with Crippen LogP contribution in [0.25, 0.3) is 5.57 Å². The van der Waals surface area contributed by atoms with E-state index in [1.165, 1.54) is 11.1 Å². The van der Waals surface area contributed by atoms with Crippen molar-refractivity contribution in [1.82, 2.24) is 9.80 Å². The van der Waals surface area contributed by atoms with Crippen LogP contribution < -0.4 is 5.73 Å². The largest absolute Gasteiger partial charge is 0.366 e. The molecule has 0 saturated carbocycles. The Kier molecular flexibility index (Phi) is 7.64. The predicted octanol–water partition coefficient (Wildman–Crippen LogP) is 4.19. The van der Waals surface area contributed by atoms with Gasteiger partial charge in [0.15, 0.2) is 0 Å². The van der Waals surface area contributed by atoms with E-state index in [0.29, 0.717) is 24.2 Å². The number of piperidine rings is 1. The van der Waals surface area contributed by atoms with Crippen molar-refractivity contribution in [3.05, 3.63) is 76.4 Å². The number of rotatable bonds is 7. The molecule has 1 fully saturated rings. The van der Waals surface area contributed by atoms with E-state index in [1.54, 1.807) is 12.1 Å². The van der Waals surface area contributed by atoms with Crippen molar-refractivity contribution < 1.29 is 9.59 Å². The summed E-state index contributed by atoms with van der Waals surface area (Å²) in [6.07, 6.45) is 2.03. The molecule has 5 nitrogen and oxygen atoms in total. The first kappa shape index (κ1) is 22.8. The molecule has 2 aromatic rings. The molecule has 5 heteroatoms. The molecule has 0 aliphatic carbocycles. The van der Waals surface area contributed by atoms with Gasteiger partial charge in [0.25, 0.3) is 5.91 Å². The van der Waals surface area contributed by atoms with Crippen molar-refractivity contribution in [3.63, 3.8) is 0 Å². The molecule has 0 unspecified atom stereocenters. The number of hydrogen-bond donors (Lipinski definition) is 1. The molecule has 0 bridgehead atoms. The summed E-state index contributed by atoms with van der Waals surface area (Å²) < 4.78 is 0. The highest BCUT2D eigenvalue weighted by molar-refractivity contribution is 5.95. The van der Waals surface area contributed by atoms with E-state index < -0.39 is 5.91 Å². The maximum absolute atomic E-state index is 12.7. The van der Waals surface area contributed by atoms with Gasteiger partial charge in [-0.3, -0.25) is 9.59 Å². The molecule has 1 saturated heterocycles. The third-order valence-corrected chi connectivity index (χ3v) is 6.19. The minimum absolute atomic E-state index is 0.0628. The smallest absolute Gasteiger partial charge is 0.253 e. The van der Waals surface area contributed by atoms with Gasteiger partial charge in [0.05, 0.1) is 0 Å². The molecule has 31 heavy (non-hydrogen) atoms. The Labute approximate surface area is 185 Å². The number of carbonyl (C=O) groups excluding carboxylic acids is 2. The van der Waals surface area contributed by atoms with Crippen molar-refractivity contribution in [1.29, 1.82) is 0 Å². The van der Waals surface area contributed by atoms with Crippen molar-refractivity contribution >= 4 is 17.4 Å². The number of likely N-dealkylation sites (tertiary alicyclic amines) is 1. The van der Waals surface area contributed by atoms with Crippen molar-refractivity contribution in [3.8, 4) is 0 Å². The summed E-state index contributed by atoms with van der Waals surface area (Å²) in [6, 6.07) is 15.5. The fourth-order valence-corrected chi connectivity index (χ4v) is 4.24. The van der Waals surface area contributed by atoms with Gasteiger partial charge in [-0.15, -0.1) is 0 Å². The van der Waals surface area contributed by atoms with E-state index in [1.807, 2.05) is 55.1 Å². The number of amides is 2. The number of benzene rings is 2. The molecule has 164 valence electrons. The average Bonchev–Trinajstić information content (AvgIpc) is 2.81. The molecule has 1 heterocycles. The molecule has 0 spiro atoms. The summed E-state index contributed by atoms with van der Waals surface area (Å²) in [7, 11) is 0. The lowest BCUT2D eigenvalue weighted by atomic mass is 9.87. The third-order valence-electron chi connectivity index (χ3n) is 6.19. The molecule has 3 rings (SSSR count). The average molecular weight is 420 g/mol. The fraction of sp³-hybridized carbons (Fsp3) is 0.385. The SMILES string of the molecule is CCN1CCC(=C(c2ccc(C(N)=O)cc2)c2ccc(C(=O)N(CC)CC)cc2)CC1. The summed E-state index contributed by atoms with van der Waals surface area (Å²) in [4.78, 5) is 28.5. The van der Waals surface area contributed by atoms with Crippen LogP contribution in [0.1, 0.15) is 65.5 Å². The number of hydrogen-bond acceptors (Lipinski definition) is 3. The zero-order chi connectivity index (χ0) is 22.4. The number of carbonyl (C=O) groups is 2. The normalized spacial score (nSPS) is 14.4. The van der Waals surface area contributed by atoms with Gasteiger partial charge in [0, 0.05) is 37.3 Å². The van der Waals surface area contributed by atoms with Crippen LogP contribution >= 0.6 is 0 Å². The summed E-state index contributed by atoms with van der Waals surface area (Å²) in [6.45, 7) is 10.8. The van der Waals surface area contributed by atoms with Gasteiger partial charge in [-0.2, -0.15) is 0 Å². The molecular weight excluding hydrogens is 386 g/mol. The molecule has 2 aromatic carbocycles. The first-order valence-corrected chi connectivity index (χ1v) is 11.2. The van der Waals surface area contributed by atoms with Crippen molar-refractivity contribution in [2.24, 2.45) is 5.73 Å². The zero-order valence-corrected chi connectivity index (χ0v) is 18.9. The topological polar surface area (TPSA) is 66.6 Å². The van der Waals surface area contributed by atoms with E-state index in [4.69, 9.17) is 5.73 Å².